The fraction of sp³-hybridized carbons (Fsp3) is 0.409. The van der Waals surface area contributed by atoms with Crippen molar-refractivity contribution >= 4 is 15.9 Å². The van der Waals surface area contributed by atoms with Crippen molar-refractivity contribution < 1.29 is 17.6 Å². The molecule has 2 aromatic carbocycles. The second-order valence-electron chi connectivity index (χ2n) is 8.19. The molecule has 0 radical (unpaired) electrons. The highest BCUT2D eigenvalue weighted by molar-refractivity contribution is 7.89. The van der Waals surface area contributed by atoms with Crippen LogP contribution in [0.15, 0.2) is 59.5 Å². The lowest BCUT2D eigenvalue weighted by atomic mass is 9.92. The van der Waals surface area contributed by atoms with Crippen LogP contribution in [-0.2, 0) is 21.2 Å². The number of rotatable bonds is 6. The highest BCUT2D eigenvalue weighted by atomic mass is 32.2. The maximum Gasteiger partial charge on any atom is 0.243 e. The topological polar surface area (TPSA) is 66.5 Å². The van der Waals surface area contributed by atoms with Crippen LogP contribution < -0.4 is 5.32 Å². The third kappa shape index (κ3) is 5.42. The first-order chi connectivity index (χ1) is 13.7. The summed E-state index contributed by atoms with van der Waals surface area (Å²) in [4.78, 5) is 12.9. The van der Waals surface area contributed by atoms with Crippen molar-refractivity contribution in [1.82, 2.24) is 9.62 Å². The molecule has 1 aliphatic rings. The number of carbonyl (C=O) groups excluding carboxylic acids is 1. The zero-order valence-electron chi connectivity index (χ0n) is 16.8. The largest absolute Gasteiger partial charge is 0.351 e. The summed E-state index contributed by atoms with van der Waals surface area (Å²) >= 11 is 0. The smallest absolute Gasteiger partial charge is 0.243 e. The van der Waals surface area contributed by atoms with Crippen LogP contribution in [0.3, 0.4) is 0 Å². The van der Waals surface area contributed by atoms with Crippen LogP contribution >= 0.6 is 0 Å². The molecule has 29 heavy (non-hydrogen) atoms. The molecule has 1 amide bonds. The SMILES string of the molecule is CC(C)(Cc1ccccc1)NC(=O)[C@@H]1CCCN(S(=O)(=O)c2ccc(F)cc2)C1. The van der Waals surface area contributed by atoms with Gasteiger partial charge in [-0.1, -0.05) is 30.3 Å². The summed E-state index contributed by atoms with van der Waals surface area (Å²) in [5, 5.41) is 3.08. The highest BCUT2D eigenvalue weighted by Gasteiger charge is 2.35. The molecule has 1 fully saturated rings. The molecule has 1 heterocycles. The van der Waals surface area contributed by atoms with E-state index < -0.39 is 27.3 Å². The molecule has 1 atom stereocenters. The van der Waals surface area contributed by atoms with Crippen LogP contribution in [0.2, 0.25) is 0 Å². The zero-order chi connectivity index (χ0) is 21.1. The van der Waals surface area contributed by atoms with Gasteiger partial charge in [-0.05, 0) is 62.9 Å². The summed E-state index contributed by atoms with van der Waals surface area (Å²) < 4.78 is 40.2. The zero-order valence-corrected chi connectivity index (χ0v) is 17.6. The monoisotopic (exact) mass is 418 g/mol. The summed E-state index contributed by atoms with van der Waals surface area (Å²) in [7, 11) is -3.75. The number of sulfonamides is 1. The minimum Gasteiger partial charge on any atom is -0.351 e. The molecule has 0 aliphatic carbocycles. The Morgan fingerprint density at radius 3 is 2.45 bits per heavy atom. The van der Waals surface area contributed by atoms with E-state index >= 15 is 0 Å². The Morgan fingerprint density at radius 2 is 1.79 bits per heavy atom. The maximum atomic E-state index is 13.1. The number of hydrogen-bond donors (Lipinski definition) is 1. The molecule has 0 aromatic heterocycles. The van der Waals surface area contributed by atoms with E-state index in [9.17, 15) is 17.6 Å². The average molecular weight is 419 g/mol. The van der Waals surface area contributed by atoms with Crippen molar-refractivity contribution in [2.24, 2.45) is 5.92 Å². The van der Waals surface area contributed by atoms with Crippen molar-refractivity contribution in [3.8, 4) is 0 Å². The van der Waals surface area contributed by atoms with Gasteiger partial charge in [-0.2, -0.15) is 4.31 Å². The molecule has 0 bridgehead atoms. The lowest BCUT2D eigenvalue weighted by Crippen LogP contribution is -2.51. The molecular weight excluding hydrogens is 391 g/mol. The number of nitrogens with zero attached hydrogens (tertiary/aromatic N) is 1. The van der Waals surface area contributed by atoms with Crippen molar-refractivity contribution in [2.75, 3.05) is 13.1 Å². The van der Waals surface area contributed by atoms with Gasteiger partial charge >= 0.3 is 0 Å². The minimum atomic E-state index is -3.75. The van der Waals surface area contributed by atoms with Gasteiger partial charge in [-0.25, -0.2) is 12.8 Å². The Hall–Kier alpha value is -2.25. The van der Waals surface area contributed by atoms with E-state index in [-0.39, 0.29) is 17.3 Å². The van der Waals surface area contributed by atoms with E-state index in [0.717, 1.165) is 17.7 Å². The van der Waals surface area contributed by atoms with Gasteiger partial charge in [-0.3, -0.25) is 4.79 Å². The molecule has 1 saturated heterocycles. The lowest BCUT2D eigenvalue weighted by molar-refractivity contribution is -0.127. The first-order valence-corrected chi connectivity index (χ1v) is 11.2. The van der Waals surface area contributed by atoms with Gasteiger partial charge in [0.05, 0.1) is 10.8 Å². The van der Waals surface area contributed by atoms with E-state index in [4.69, 9.17) is 0 Å². The summed E-state index contributed by atoms with van der Waals surface area (Å²) in [5.74, 6) is -1.03. The predicted molar refractivity (Wildman–Crippen MR) is 110 cm³/mol. The molecule has 2 aromatic rings. The van der Waals surface area contributed by atoms with Crippen molar-refractivity contribution in [1.29, 1.82) is 0 Å². The van der Waals surface area contributed by atoms with Gasteiger partial charge in [0, 0.05) is 18.6 Å². The fourth-order valence-electron chi connectivity index (χ4n) is 3.72. The van der Waals surface area contributed by atoms with Gasteiger partial charge in [0.2, 0.25) is 15.9 Å². The van der Waals surface area contributed by atoms with Crippen LogP contribution in [0, 0.1) is 11.7 Å². The third-order valence-electron chi connectivity index (χ3n) is 5.16. The number of nitrogens with one attached hydrogen (secondary N) is 1. The number of halogens is 1. The van der Waals surface area contributed by atoms with Gasteiger partial charge in [0.1, 0.15) is 5.82 Å². The quantitative estimate of drug-likeness (QED) is 0.782. The Kier molecular flexibility index (Phi) is 6.39. The molecule has 0 saturated carbocycles. The average Bonchev–Trinajstić information content (AvgIpc) is 2.68. The van der Waals surface area contributed by atoms with Crippen LogP contribution in [-0.4, -0.2) is 37.3 Å². The van der Waals surface area contributed by atoms with Gasteiger partial charge in [-0.15, -0.1) is 0 Å². The van der Waals surface area contributed by atoms with Crippen molar-refractivity contribution in [3.63, 3.8) is 0 Å². The molecule has 0 unspecified atom stereocenters. The number of amides is 1. The van der Waals surface area contributed by atoms with Crippen molar-refractivity contribution in [2.45, 2.75) is 43.5 Å². The van der Waals surface area contributed by atoms with Crippen molar-refractivity contribution in [3.05, 3.63) is 66.0 Å². The Bertz CT molecular complexity index is 944. The maximum absolute atomic E-state index is 13.1. The molecule has 1 aliphatic heterocycles. The molecule has 3 rings (SSSR count). The fourth-order valence-corrected chi connectivity index (χ4v) is 5.24. The highest BCUT2D eigenvalue weighted by Crippen LogP contribution is 2.25. The number of carbonyl (C=O) groups is 1. The minimum absolute atomic E-state index is 0.0457. The lowest BCUT2D eigenvalue weighted by Gasteiger charge is -2.34. The molecular formula is C22H27FN2O3S. The third-order valence-corrected chi connectivity index (χ3v) is 7.04. The molecule has 1 N–H and O–H groups in total. The second-order valence-corrected chi connectivity index (χ2v) is 10.1. The number of benzene rings is 2. The van der Waals surface area contributed by atoms with E-state index in [1.54, 1.807) is 0 Å². The summed E-state index contributed by atoms with van der Waals surface area (Å²) in [6.07, 6.45) is 1.93. The van der Waals surface area contributed by atoms with Gasteiger partial charge in [0.15, 0.2) is 0 Å². The van der Waals surface area contributed by atoms with Gasteiger partial charge in [0.25, 0.3) is 0 Å². The molecule has 5 nitrogen and oxygen atoms in total. The molecule has 156 valence electrons. The standard InChI is InChI=1S/C22H27FN2O3S/c1-22(2,15-17-7-4-3-5-8-17)24-21(26)18-9-6-14-25(16-18)29(27,28)20-12-10-19(23)11-13-20/h3-5,7-8,10-13,18H,6,9,14-16H2,1-2H3,(H,24,26)/t18-/m1/s1. The first kappa shape index (κ1) is 21.5. The predicted octanol–water partition coefficient (Wildman–Crippen LogP) is 3.36. The van der Waals surface area contributed by atoms with E-state index in [2.05, 4.69) is 5.32 Å². The van der Waals surface area contributed by atoms with Crippen LogP contribution in [0.25, 0.3) is 0 Å². The number of piperidine rings is 1. The second kappa shape index (κ2) is 8.63. The normalized spacial score (nSPS) is 18.4. The summed E-state index contributed by atoms with van der Waals surface area (Å²) in [5.41, 5.74) is 0.679. The first-order valence-electron chi connectivity index (χ1n) is 9.79. The Morgan fingerprint density at radius 1 is 1.14 bits per heavy atom. The molecule has 7 heteroatoms. The van der Waals surface area contributed by atoms with Crippen LogP contribution in [0.5, 0.6) is 0 Å². The van der Waals surface area contributed by atoms with E-state index in [1.807, 2.05) is 44.2 Å². The van der Waals surface area contributed by atoms with E-state index in [0.29, 0.717) is 25.8 Å². The van der Waals surface area contributed by atoms with E-state index in [1.165, 1.54) is 16.4 Å². The van der Waals surface area contributed by atoms with Crippen LogP contribution in [0.1, 0.15) is 32.3 Å². The summed E-state index contributed by atoms with van der Waals surface area (Å²) in [6.45, 7) is 4.42. The number of hydrogen-bond acceptors (Lipinski definition) is 3. The van der Waals surface area contributed by atoms with Gasteiger partial charge < -0.3 is 5.32 Å². The summed E-state index contributed by atoms with van der Waals surface area (Å²) in [6, 6.07) is 14.7. The molecule has 0 spiro atoms. The Balaban J connectivity index is 1.66. The Labute approximate surface area is 172 Å². The van der Waals surface area contributed by atoms with Crippen LogP contribution in [0.4, 0.5) is 4.39 Å².